The summed E-state index contributed by atoms with van der Waals surface area (Å²) >= 11 is 6.02. The summed E-state index contributed by atoms with van der Waals surface area (Å²) in [5.41, 5.74) is 1.88. The average Bonchev–Trinajstić information content (AvgIpc) is 2.63. The molecule has 0 unspecified atom stereocenters. The van der Waals surface area contributed by atoms with E-state index >= 15 is 0 Å². The third-order valence-electron chi connectivity index (χ3n) is 2.27. The van der Waals surface area contributed by atoms with E-state index in [1.165, 1.54) is 0 Å². The van der Waals surface area contributed by atoms with Crippen molar-refractivity contribution in [3.63, 3.8) is 0 Å². The molecule has 0 aliphatic rings. The number of ether oxygens (including phenoxy) is 1. The zero-order valence-corrected chi connectivity index (χ0v) is 9.37. The highest BCUT2D eigenvalue weighted by molar-refractivity contribution is 6.33. The summed E-state index contributed by atoms with van der Waals surface area (Å²) in [5, 5.41) is 0.690. The van der Waals surface area contributed by atoms with E-state index in [4.69, 9.17) is 16.3 Å². The second-order valence-electron chi connectivity index (χ2n) is 3.42. The van der Waals surface area contributed by atoms with Crippen LogP contribution in [0, 0.1) is 0 Å². The maximum atomic E-state index is 6.02. The topological polar surface area (TPSA) is 26.5 Å². The zero-order chi connectivity index (χ0) is 10.7. The number of hydrogen-bond acceptors (Lipinski definition) is 2. The smallest absolute Gasteiger partial charge is 0.155 e. The molecular weight excluding hydrogens is 212 g/mol. The molecule has 2 aromatic rings. The van der Waals surface area contributed by atoms with Gasteiger partial charge in [0.25, 0.3) is 0 Å². The number of rotatable bonds is 4. The summed E-state index contributed by atoms with van der Waals surface area (Å²) in [6.45, 7) is 0.765. The monoisotopic (exact) mass is 224 g/mol. The van der Waals surface area contributed by atoms with Crippen molar-refractivity contribution in [2.75, 3.05) is 13.7 Å². The highest BCUT2D eigenvalue weighted by Gasteiger charge is 2.03. The molecule has 2 rings (SSSR count). The Balaban J connectivity index is 2.20. The molecular formula is C11H13ClN2O. The molecule has 15 heavy (non-hydrogen) atoms. The Morgan fingerprint density at radius 2 is 2.40 bits per heavy atom. The molecule has 0 bridgehead atoms. The Bertz CT molecular complexity index is 453. The van der Waals surface area contributed by atoms with E-state index in [1.807, 2.05) is 28.9 Å². The Hall–Kier alpha value is -1.06. The molecule has 0 aromatic carbocycles. The van der Waals surface area contributed by atoms with Crippen LogP contribution in [0.25, 0.3) is 5.65 Å². The van der Waals surface area contributed by atoms with Gasteiger partial charge in [0.05, 0.1) is 10.7 Å². The lowest BCUT2D eigenvalue weighted by Gasteiger charge is -1.94. The molecule has 2 aromatic heterocycles. The normalized spacial score (nSPS) is 11.1. The van der Waals surface area contributed by atoms with E-state index in [1.54, 1.807) is 7.11 Å². The van der Waals surface area contributed by atoms with Gasteiger partial charge in [0.1, 0.15) is 0 Å². The molecule has 80 valence electrons. The van der Waals surface area contributed by atoms with Gasteiger partial charge in [0.15, 0.2) is 5.65 Å². The predicted octanol–water partition coefficient (Wildman–Crippen LogP) is 2.57. The first-order valence-electron chi connectivity index (χ1n) is 4.92. The molecule has 2 heterocycles. The van der Waals surface area contributed by atoms with Crippen LogP contribution in [0.1, 0.15) is 12.1 Å². The number of methoxy groups -OCH3 is 1. The van der Waals surface area contributed by atoms with Gasteiger partial charge in [-0.25, -0.2) is 4.98 Å². The molecule has 3 nitrogen and oxygen atoms in total. The summed E-state index contributed by atoms with van der Waals surface area (Å²) in [7, 11) is 1.71. The summed E-state index contributed by atoms with van der Waals surface area (Å²) in [4.78, 5) is 4.46. The fourth-order valence-corrected chi connectivity index (χ4v) is 1.76. The van der Waals surface area contributed by atoms with Crippen molar-refractivity contribution < 1.29 is 4.74 Å². The summed E-state index contributed by atoms with van der Waals surface area (Å²) in [5.74, 6) is 0. The van der Waals surface area contributed by atoms with Crippen molar-refractivity contribution >= 4 is 17.2 Å². The Labute approximate surface area is 93.6 Å². The van der Waals surface area contributed by atoms with Crippen LogP contribution in [0.5, 0.6) is 0 Å². The lowest BCUT2D eigenvalue weighted by molar-refractivity contribution is 0.195. The van der Waals surface area contributed by atoms with E-state index in [0.29, 0.717) is 5.02 Å². The van der Waals surface area contributed by atoms with Crippen LogP contribution in [0.15, 0.2) is 24.5 Å². The Kier molecular flexibility index (Phi) is 3.23. The van der Waals surface area contributed by atoms with Crippen LogP contribution in [0.2, 0.25) is 5.02 Å². The average molecular weight is 225 g/mol. The number of imidazole rings is 1. The minimum Gasteiger partial charge on any atom is -0.385 e. The van der Waals surface area contributed by atoms with Gasteiger partial charge in [-0.15, -0.1) is 0 Å². The van der Waals surface area contributed by atoms with Crippen molar-refractivity contribution in [2.45, 2.75) is 12.8 Å². The number of fused-ring (bicyclic) bond motifs is 1. The van der Waals surface area contributed by atoms with Crippen LogP contribution < -0.4 is 0 Å². The largest absolute Gasteiger partial charge is 0.385 e. The van der Waals surface area contributed by atoms with E-state index in [-0.39, 0.29) is 0 Å². The number of hydrogen-bond donors (Lipinski definition) is 0. The molecule has 0 aliphatic carbocycles. The van der Waals surface area contributed by atoms with Crippen LogP contribution >= 0.6 is 11.6 Å². The number of aryl methyl sites for hydroxylation is 1. The number of nitrogens with zero attached hydrogens (tertiary/aromatic N) is 2. The van der Waals surface area contributed by atoms with Gasteiger partial charge in [0.2, 0.25) is 0 Å². The van der Waals surface area contributed by atoms with Crippen LogP contribution in [-0.2, 0) is 11.2 Å². The first-order valence-corrected chi connectivity index (χ1v) is 5.30. The van der Waals surface area contributed by atoms with Crippen LogP contribution in [-0.4, -0.2) is 23.1 Å². The fraction of sp³-hybridized carbons (Fsp3) is 0.364. The SMILES string of the molecule is COCCCc1cn2cccc(Cl)c2n1. The molecule has 0 amide bonds. The van der Waals surface area contributed by atoms with Crippen molar-refractivity contribution in [1.82, 2.24) is 9.38 Å². The number of aromatic nitrogens is 2. The van der Waals surface area contributed by atoms with Crippen molar-refractivity contribution in [3.8, 4) is 0 Å². The second kappa shape index (κ2) is 4.64. The molecule has 0 spiro atoms. The summed E-state index contributed by atoms with van der Waals surface area (Å²) in [6.07, 6.45) is 5.87. The Morgan fingerprint density at radius 3 is 3.13 bits per heavy atom. The summed E-state index contributed by atoms with van der Waals surface area (Å²) < 4.78 is 6.95. The number of pyridine rings is 1. The first kappa shape index (κ1) is 10.5. The third kappa shape index (κ3) is 2.30. The predicted molar refractivity (Wildman–Crippen MR) is 60.4 cm³/mol. The minimum atomic E-state index is 0.690. The van der Waals surface area contributed by atoms with Gasteiger partial charge in [-0.05, 0) is 25.0 Å². The van der Waals surface area contributed by atoms with E-state index in [0.717, 1.165) is 30.8 Å². The molecule has 0 saturated carbocycles. The van der Waals surface area contributed by atoms with Crippen molar-refractivity contribution in [1.29, 1.82) is 0 Å². The lowest BCUT2D eigenvalue weighted by Crippen LogP contribution is -1.92. The van der Waals surface area contributed by atoms with Gasteiger partial charge in [-0.1, -0.05) is 11.6 Å². The molecule has 0 atom stereocenters. The zero-order valence-electron chi connectivity index (χ0n) is 8.61. The maximum absolute atomic E-state index is 6.02. The van der Waals surface area contributed by atoms with Gasteiger partial charge in [-0.2, -0.15) is 0 Å². The van der Waals surface area contributed by atoms with Gasteiger partial charge < -0.3 is 9.14 Å². The van der Waals surface area contributed by atoms with E-state index < -0.39 is 0 Å². The molecule has 0 radical (unpaired) electrons. The highest BCUT2D eigenvalue weighted by atomic mass is 35.5. The third-order valence-corrected chi connectivity index (χ3v) is 2.56. The van der Waals surface area contributed by atoms with Crippen LogP contribution in [0.4, 0.5) is 0 Å². The molecule has 0 saturated heterocycles. The first-order chi connectivity index (χ1) is 7.31. The fourth-order valence-electron chi connectivity index (χ4n) is 1.55. The molecule has 4 heteroatoms. The van der Waals surface area contributed by atoms with Crippen molar-refractivity contribution in [3.05, 3.63) is 35.2 Å². The lowest BCUT2D eigenvalue weighted by atomic mass is 10.3. The van der Waals surface area contributed by atoms with Gasteiger partial charge >= 0.3 is 0 Å². The highest BCUT2D eigenvalue weighted by Crippen LogP contribution is 2.16. The van der Waals surface area contributed by atoms with E-state index in [9.17, 15) is 0 Å². The van der Waals surface area contributed by atoms with Gasteiger partial charge in [0, 0.05) is 26.1 Å². The number of halogens is 1. The molecule has 0 aliphatic heterocycles. The quantitative estimate of drug-likeness (QED) is 0.747. The van der Waals surface area contributed by atoms with Crippen LogP contribution in [0.3, 0.4) is 0 Å². The standard InChI is InChI=1S/C11H13ClN2O/c1-15-7-3-4-9-8-14-6-2-5-10(12)11(14)13-9/h2,5-6,8H,3-4,7H2,1H3. The maximum Gasteiger partial charge on any atom is 0.155 e. The summed E-state index contributed by atoms with van der Waals surface area (Å²) in [6, 6.07) is 3.76. The van der Waals surface area contributed by atoms with Crippen molar-refractivity contribution in [2.24, 2.45) is 0 Å². The minimum absolute atomic E-state index is 0.690. The van der Waals surface area contributed by atoms with E-state index in [2.05, 4.69) is 4.98 Å². The van der Waals surface area contributed by atoms with Gasteiger partial charge in [-0.3, -0.25) is 0 Å². The molecule has 0 fully saturated rings. The molecule has 0 N–H and O–H groups in total. The second-order valence-corrected chi connectivity index (χ2v) is 3.82. The Morgan fingerprint density at radius 1 is 1.53 bits per heavy atom.